The molecule has 0 unspecified atom stereocenters. The topological polar surface area (TPSA) is 66.3 Å². The van der Waals surface area contributed by atoms with Crippen molar-refractivity contribution in [1.29, 1.82) is 0 Å². The van der Waals surface area contributed by atoms with Crippen LogP contribution in [0.15, 0.2) is 36.5 Å². The molecule has 1 N–H and O–H groups in total. The standard InChI is InChI=1S/C14H15N3O2/c1-10-6-7-12(14(18)19)13(16-10)17(2)9-11-5-3-4-8-15-11/h3-8H,9H2,1-2H3,(H,18,19). The van der Waals surface area contributed by atoms with Crippen molar-refractivity contribution in [2.75, 3.05) is 11.9 Å². The molecule has 2 aromatic heterocycles. The second-order valence-corrected chi connectivity index (χ2v) is 4.31. The number of aromatic carboxylic acids is 1. The number of hydrogen-bond donors (Lipinski definition) is 1. The predicted molar refractivity (Wildman–Crippen MR) is 72.3 cm³/mol. The van der Waals surface area contributed by atoms with Gasteiger partial charge in [0.05, 0.1) is 12.2 Å². The number of carboxylic acids is 1. The second-order valence-electron chi connectivity index (χ2n) is 4.31. The zero-order valence-electron chi connectivity index (χ0n) is 10.9. The van der Waals surface area contributed by atoms with Gasteiger partial charge in [-0.3, -0.25) is 4.98 Å². The molecule has 19 heavy (non-hydrogen) atoms. The largest absolute Gasteiger partial charge is 0.478 e. The molecular formula is C14H15N3O2. The molecule has 5 heteroatoms. The highest BCUT2D eigenvalue weighted by Crippen LogP contribution is 2.19. The second kappa shape index (κ2) is 5.48. The predicted octanol–water partition coefficient (Wildman–Crippen LogP) is 2.12. The van der Waals surface area contributed by atoms with Crippen molar-refractivity contribution in [3.8, 4) is 0 Å². The first-order valence-corrected chi connectivity index (χ1v) is 5.90. The smallest absolute Gasteiger partial charge is 0.339 e. The molecule has 0 atom stereocenters. The summed E-state index contributed by atoms with van der Waals surface area (Å²) in [7, 11) is 1.81. The lowest BCUT2D eigenvalue weighted by Crippen LogP contribution is -2.21. The molecule has 0 aliphatic heterocycles. The average Bonchev–Trinajstić information content (AvgIpc) is 2.39. The van der Waals surface area contributed by atoms with Crippen molar-refractivity contribution in [2.24, 2.45) is 0 Å². The van der Waals surface area contributed by atoms with E-state index < -0.39 is 5.97 Å². The number of pyridine rings is 2. The quantitative estimate of drug-likeness (QED) is 0.908. The number of aromatic nitrogens is 2. The minimum Gasteiger partial charge on any atom is -0.478 e. The Morgan fingerprint density at radius 1 is 1.32 bits per heavy atom. The maximum Gasteiger partial charge on any atom is 0.339 e. The van der Waals surface area contributed by atoms with E-state index in [4.69, 9.17) is 0 Å². The highest BCUT2D eigenvalue weighted by atomic mass is 16.4. The molecule has 0 fully saturated rings. The molecule has 0 aromatic carbocycles. The number of aryl methyl sites for hydroxylation is 1. The fourth-order valence-electron chi connectivity index (χ4n) is 1.81. The lowest BCUT2D eigenvalue weighted by atomic mass is 10.2. The van der Waals surface area contributed by atoms with E-state index in [0.717, 1.165) is 11.4 Å². The van der Waals surface area contributed by atoms with Crippen LogP contribution in [0.2, 0.25) is 0 Å². The Kier molecular flexibility index (Phi) is 3.75. The number of carbonyl (C=O) groups is 1. The van der Waals surface area contributed by atoms with E-state index in [-0.39, 0.29) is 5.56 Å². The monoisotopic (exact) mass is 257 g/mol. The molecule has 0 bridgehead atoms. The van der Waals surface area contributed by atoms with Crippen LogP contribution in [0.1, 0.15) is 21.7 Å². The Hall–Kier alpha value is -2.43. The Labute approximate surface area is 111 Å². The van der Waals surface area contributed by atoms with Crippen LogP contribution in [0.3, 0.4) is 0 Å². The van der Waals surface area contributed by atoms with Gasteiger partial charge in [-0.2, -0.15) is 0 Å². The van der Waals surface area contributed by atoms with E-state index in [9.17, 15) is 9.90 Å². The summed E-state index contributed by atoms with van der Waals surface area (Å²) in [6, 6.07) is 8.91. The molecule has 0 radical (unpaired) electrons. The third-order valence-electron chi connectivity index (χ3n) is 2.73. The number of anilines is 1. The number of nitrogens with zero attached hydrogens (tertiary/aromatic N) is 3. The fourth-order valence-corrected chi connectivity index (χ4v) is 1.81. The first-order valence-electron chi connectivity index (χ1n) is 5.90. The summed E-state index contributed by atoms with van der Waals surface area (Å²) in [6.45, 7) is 2.35. The van der Waals surface area contributed by atoms with Gasteiger partial charge in [-0.1, -0.05) is 6.07 Å². The molecule has 98 valence electrons. The molecule has 2 heterocycles. The molecule has 0 saturated carbocycles. The summed E-state index contributed by atoms with van der Waals surface area (Å²) in [5.41, 5.74) is 1.85. The van der Waals surface area contributed by atoms with Gasteiger partial charge in [0.25, 0.3) is 0 Å². The molecule has 5 nitrogen and oxygen atoms in total. The zero-order valence-corrected chi connectivity index (χ0v) is 10.9. The molecule has 2 rings (SSSR count). The van der Waals surface area contributed by atoms with Crippen molar-refractivity contribution in [1.82, 2.24) is 9.97 Å². The first kappa shape index (κ1) is 13.0. The normalized spacial score (nSPS) is 10.2. The SMILES string of the molecule is Cc1ccc(C(=O)O)c(N(C)Cc2ccccn2)n1. The van der Waals surface area contributed by atoms with Crippen LogP contribution in [-0.2, 0) is 6.54 Å². The maximum absolute atomic E-state index is 11.2. The summed E-state index contributed by atoms with van der Waals surface area (Å²) in [6.07, 6.45) is 1.71. The third kappa shape index (κ3) is 3.07. The Morgan fingerprint density at radius 3 is 2.74 bits per heavy atom. The number of hydrogen-bond acceptors (Lipinski definition) is 4. The third-order valence-corrected chi connectivity index (χ3v) is 2.73. The van der Waals surface area contributed by atoms with Crippen molar-refractivity contribution in [3.63, 3.8) is 0 Å². The summed E-state index contributed by atoms with van der Waals surface area (Å²) < 4.78 is 0. The fraction of sp³-hybridized carbons (Fsp3) is 0.214. The highest BCUT2D eigenvalue weighted by molar-refractivity contribution is 5.93. The van der Waals surface area contributed by atoms with Gasteiger partial charge in [0.1, 0.15) is 11.4 Å². The molecule has 0 spiro atoms. The maximum atomic E-state index is 11.2. The van der Waals surface area contributed by atoms with Gasteiger partial charge in [0, 0.05) is 18.9 Å². The summed E-state index contributed by atoms with van der Waals surface area (Å²) in [5.74, 6) is -0.520. The first-order chi connectivity index (χ1) is 9.08. The number of carboxylic acid groups (broad SMARTS) is 1. The lowest BCUT2D eigenvalue weighted by Gasteiger charge is -2.20. The van der Waals surface area contributed by atoms with Crippen LogP contribution in [0, 0.1) is 6.92 Å². The van der Waals surface area contributed by atoms with Crippen LogP contribution in [0.25, 0.3) is 0 Å². The van der Waals surface area contributed by atoms with Gasteiger partial charge >= 0.3 is 5.97 Å². The van der Waals surface area contributed by atoms with E-state index in [0.29, 0.717) is 12.4 Å². The van der Waals surface area contributed by atoms with Crippen LogP contribution < -0.4 is 4.90 Å². The molecule has 0 aliphatic rings. The van der Waals surface area contributed by atoms with Gasteiger partial charge in [-0.25, -0.2) is 9.78 Å². The van der Waals surface area contributed by atoms with Gasteiger partial charge < -0.3 is 10.0 Å². The molecule has 0 amide bonds. The zero-order chi connectivity index (χ0) is 13.8. The van der Waals surface area contributed by atoms with Gasteiger partial charge in [-0.05, 0) is 31.2 Å². The van der Waals surface area contributed by atoms with Crippen LogP contribution >= 0.6 is 0 Å². The van der Waals surface area contributed by atoms with Crippen LogP contribution in [0.5, 0.6) is 0 Å². The molecule has 2 aromatic rings. The van der Waals surface area contributed by atoms with Crippen molar-refractivity contribution in [2.45, 2.75) is 13.5 Å². The van der Waals surface area contributed by atoms with Crippen molar-refractivity contribution in [3.05, 3.63) is 53.5 Å². The summed E-state index contributed by atoms with van der Waals surface area (Å²) in [4.78, 5) is 21.5. The van der Waals surface area contributed by atoms with E-state index in [1.807, 2.05) is 32.2 Å². The summed E-state index contributed by atoms with van der Waals surface area (Å²) in [5, 5.41) is 9.19. The van der Waals surface area contributed by atoms with Crippen LogP contribution in [0.4, 0.5) is 5.82 Å². The van der Waals surface area contributed by atoms with Crippen LogP contribution in [-0.4, -0.2) is 28.1 Å². The Morgan fingerprint density at radius 2 is 2.11 bits per heavy atom. The number of rotatable bonds is 4. The average molecular weight is 257 g/mol. The minimum absolute atomic E-state index is 0.198. The van der Waals surface area contributed by atoms with E-state index in [1.165, 1.54) is 0 Å². The Balaban J connectivity index is 2.30. The molecule has 0 saturated heterocycles. The minimum atomic E-state index is -0.977. The highest BCUT2D eigenvalue weighted by Gasteiger charge is 2.15. The molecular weight excluding hydrogens is 242 g/mol. The van der Waals surface area contributed by atoms with Crippen molar-refractivity contribution < 1.29 is 9.90 Å². The summed E-state index contributed by atoms with van der Waals surface area (Å²) >= 11 is 0. The van der Waals surface area contributed by atoms with E-state index in [1.54, 1.807) is 23.2 Å². The van der Waals surface area contributed by atoms with Crippen molar-refractivity contribution >= 4 is 11.8 Å². The van der Waals surface area contributed by atoms with Gasteiger partial charge in [-0.15, -0.1) is 0 Å². The van der Waals surface area contributed by atoms with Gasteiger partial charge in [0.2, 0.25) is 0 Å². The molecule has 0 aliphatic carbocycles. The Bertz CT molecular complexity index is 584. The van der Waals surface area contributed by atoms with E-state index >= 15 is 0 Å². The lowest BCUT2D eigenvalue weighted by molar-refractivity contribution is 0.0697. The van der Waals surface area contributed by atoms with Gasteiger partial charge in [0.15, 0.2) is 0 Å². The van der Waals surface area contributed by atoms with E-state index in [2.05, 4.69) is 9.97 Å².